The molecule has 3 unspecified atom stereocenters. The second-order valence-corrected chi connectivity index (χ2v) is 15.3. The number of carbonyl (C=O) groups is 1. The number of carbonyl (C=O) groups excluding carboxylic acids is 1. The number of anilines is 2. The highest BCUT2D eigenvalue weighted by molar-refractivity contribution is 14.1. The second kappa shape index (κ2) is 18.1. The summed E-state index contributed by atoms with van der Waals surface area (Å²) in [4.78, 5) is 27.0. The summed E-state index contributed by atoms with van der Waals surface area (Å²) in [5, 5.41) is 0. The molecular formula is C35H51IN4O6S. The Morgan fingerprint density at radius 1 is 0.979 bits per heavy atom. The summed E-state index contributed by atoms with van der Waals surface area (Å²) < 4.78 is 29.2. The van der Waals surface area contributed by atoms with Crippen LogP contribution in [0.3, 0.4) is 0 Å². The molecule has 0 saturated carbocycles. The molecule has 2 aromatic heterocycles. The van der Waals surface area contributed by atoms with Gasteiger partial charge in [0.25, 0.3) is 0 Å². The lowest BCUT2D eigenvalue weighted by atomic mass is 10.0. The van der Waals surface area contributed by atoms with E-state index in [1.54, 1.807) is 26.0 Å². The van der Waals surface area contributed by atoms with Crippen LogP contribution in [0.2, 0.25) is 0 Å². The topological polar surface area (TPSA) is 95.5 Å². The van der Waals surface area contributed by atoms with Gasteiger partial charge in [0, 0.05) is 57.3 Å². The average molecular weight is 783 g/mol. The van der Waals surface area contributed by atoms with Gasteiger partial charge in [0.05, 0.1) is 46.8 Å². The van der Waals surface area contributed by atoms with E-state index in [-0.39, 0.29) is 5.97 Å². The molecule has 12 heteroatoms. The van der Waals surface area contributed by atoms with Gasteiger partial charge in [0.2, 0.25) is 0 Å². The van der Waals surface area contributed by atoms with Crippen LogP contribution < -0.4 is 19.3 Å². The highest BCUT2D eigenvalue weighted by Gasteiger charge is 2.39. The van der Waals surface area contributed by atoms with E-state index in [0.717, 1.165) is 90.2 Å². The number of esters is 1. The first-order valence-corrected chi connectivity index (χ1v) is 19.2. The summed E-state index contributed by atoms with van der Waals surface area (Å²) in [7, 11) is 3.52. The summed E-state index contributed by atoms with van der Waals surface area (Å²) >= 11 is 3.95. The van der Waals surface area contributed by atoms with E-state index in [9.17, 15) is 4.79 Å². The number of hydrogen-bond acceptors (Lipinski definition) is 11. The number of fused-ring (bicyclic) bond motifs is 6. The van der Waals surface area contributed by atoms with Crippen LogP contribution in [0.25, 0.3) is 0 Å². The molecule has 0 spiro atoms. The lowest BCUT2D eigenvalue weighted by Gasteiger charge is -2.33. The first kappa shape index (κ1) is 36.3. The fourth-order valence-electron chi connectivity index (χ4n) is 6.99. The van der Waals surface area contributed by atoms with Crippen molar-refractivity contribution < 1.29 is 28.5 Å². The van der Waals surface area contributed by atoms with Gasteiger partial charge in [0.1, 0.15) is 13.2 Å². The van der Waals surface area contributed by atoms with E-state index in [1.807, 2.05) is 24.5 Å². The SMILES string of the molecule is CCCCC(CC)COC(=O)CCSc1ccnc2c1OC[C@@H]1CC(COC)CN21.COCC1C[C@H]2COc3c(I)ccnc3N2C1. The Morgan fingerprint density at radius 2 is 1.60 bits per heavy atom. The van der Waals surface area contributed by atoms with Crippen molar-refractivity contribution in [2.24, 2.45) is 17.8 Å². The predicted octanol–water partition coefficient (Wildman–Crippen LogP) is 6.48. The van der Waals surface area contributed by atoms with Crippen LogP contribution in [-0.2, 0) is 19.0 Å². The number of pyridine rings is 2. The number of unbranched alkanes of at least 4 members (excludes halogenated alkanes) is 1. The number of hydrogen-bond donors (Lipinski definition) is 0. The van der Waals surface area contributed by atoms with Gasteiger partial charge in [-0.3, -0.25) is 4.79 Å². The lowest BCUT2D eigenvalue weighted by Crippen LogP contribution is -2.39. The molecule has 2 fully saturated rings. The summed E-state index contributed by atoms with van der Waals surface area (Å²) in [6.07, 6.45) is 10.9. The molecular weight excluding hydrogens is 731 g/mol. The quantitative estimate of drug-likeness (QED) is 0.120. The van der Waals surface area contributed by atoms with Crippen molar-refractivity contribution in [3.63, 3.8) is 0 Å². The monoisotopic (exact) mass is 782 g/mol. The molecule has 2 saturated heterocycles. The smallest absolute Gasteiger partial charge is 0.306 e. The van der Waals surface area contributed by atoms with Crippen LogP contribution in [-0.4, -0.2) is 94.1 Å². The number of nitrogens with zero attached hydrogens (tertiary/aromatic N) is 4. The van der Waals surface area contributed by atoms with Crippen molar-refractivity contribution in [1.82, 2.24) is 9.97 Å². The molecule has 0 radical (unpaired) electrons. The van der Waals surface area contributed by atoms with Crippen molar-refractivity contribution in [3.05, 3.63) is 28.1 Å². The summed E-state index contributed by atoms with van der Waals surface area (Å²) in [5.41, 5.74) is 0. The summed E-state index contributed by atoms with van der Waals surface area (Å²) in [6, 6.07) is 4.81. The number of aromatic nitrogens is 2. The highest BCUT2D eigenvalue weighted by atomic mass is 127. The number of ether oxygens (including phenoxy) is 5. The van der Waals surface area contributed by atoms with Gasteiger partial charge in [0.15, 0.2) is 23.1 Å². The molecule has 0 N–H and O–H groups in total. The fourth-order valence-corrected chi connectivity index (χ4v) is 8.47. The Hall–Kier alpha value is -2.03. The molecule has 4 aliphatic rings. The van der Waals surface area contributed by atoms with Gasteiger partial charge >= 0.3 is 5.97 Å². The molecule has 0 bridgehead atoms. The van der Waals surface area contributed by atoms with Gasteiger partial charge in [-0.1, -0.05) is 33.1 Å². The number of thioether (sulfide) groups is 1. The Morgan fingerprint density at radius 3 is 2.21 bits per heavy atom. The van der Waals surface area contributed by atoms with Crippen LogP contribution in [0.5, 0.6) is 11.5 Å². The van der Waals surface area contributed by atoms with Gasteiger partial charge in [-0.05, 0) is 59.9 Å². The standard InChI is InChI=1S/C23H36N2O4S.C12H15IN2O2/c1-4-6-7-17(5-2)15-28-21(26)9-11-30-20-8-10-24-23-22(20)29-16-19-12-18(14-27-3)13-25(19)23;1-16-6-8-4-9-7-17-11-10(13)2-3-14-12(11)15(9)5-8/h8,10,17-19H,4-7,9,11-16H2,1-3H3;2-3,8-9H,4-7H2,1H3/t17?,18?,19-;8?,9-/m00/s1. The molecule has 6 heterocycles. The van der Waals surface area contributed by atoms with E-state index in [0.29, 0.717) is 55.2 Å². The maximum atomic E-state index is 12.2. The first-order chi connectivity index (χ1) is 22.9. The van der Waals surface area contributed by atoms with E-state index < -0.39 is 0 Å². The van der Waals surface area contributed by atoms with E-state index in [2.05, 4.69) is 56.2 Å². The van der Waals surface area contributed by atoms with E-state index in [1.165, 1.54) is 12.8 Å². The van der Waals surface area contributed by atoms with Crippen molar-refractivity contribution >= 4 is 52.0 Å². The lowest BCUT2D eigenvalue weighted by molar-refractivity contribution is -0.144. The Kier molecular flexibility index (Phi) is 14.0. The molecule has 47 heavy (non-hydrogen) atoms. The minimum atomic E-state index is -0.108. The van der Waals surface area contributed by atoms with Crippen molar-refractivity contribution in [2.75, 3.05) is 75.9 Å². The molecule has 2 aromatic rings. The fraction of sp³-hybridized carbons (Fsp3) is 0.686. The second-order valence-electron chi connectivity index (χ2n) is 13.0. The number of rotatable bonds is 14. The molecule has 0 aromatic carbocycles. The van der Waals surface area contributed by atoms with E-state index >= 15 is 0 Å². The van der Waals surface area contributed by atoms with Gasteiger partial charge in [-0.25, -0.2) is 9.97 Å². The normalized spacial score (nSPS) is 22.9. The van der Waals surface area contributed by atoms with Crippen molar-refractivity contribution in [2.45, 2.75) is 75.8 Å². The van der Waals surface area contributed by atoms with Crippen LogP contribution in [0.1, 0.15) is 58.8 Å². The Balaban J connectivity index is 0.000000214. The zero-order chi connectivity index (χ0) is 33.2. The minimum Gasteiger partial charge on any atom is -0.486 e. The Labute approximate surface area is 298 Å². The van der Waals surface area contributed by atoms with Crippen molar-refractivity contribution in [1.29, 1.82) is 0 Å². The molecule has 4 aliphatic heterocycles. The zero-order valence-corrected chi connectivity index (χ0v) is 31.3. The molecule has 260 valence electrons. The minimum absolute atomic E-state index is 0.108. The molecule has 10 nitrogen and oxygen atoms in total. The third-order valence-corrected chi connectivity index (χ3v) is 11.4. The molecule has 6 rings (SSSR count). The number of methoxy groups -OCH3 is 2. The molecule has 0 aliphatic carbocycles. The summed E-state index contributed by atoms with van der Waals surface area (Å²) in [6.45, 7) is 9.95. The Bertz CT molecular complexity index is 1310. The molecule has 0 amide bonds. The van der Waals surface area contributed by atoms with Gasteiger partial charge in [-0.2, -0.15) is 0 Å². The zero-order valence-electron chi connectivity index (χ0n) is 28.3. The van der Waals surface area contributed by atoms with Gasteiger partial charge in [-0.15, -0.1) is 11.8 Å². The average Bonchev–Trinajstić information content (AvgIpc) is 3.70. The highest BCUT2D eigenvalue weighted by Crippen LogP contribution is 2.44. The third-order valence-electron chi connectivity index (χ3n) is 9.47. The van der Waals surface area contributed by atoms with Crippen LogP contribution >= 0.6 is 34.4 Å². The summed E-state index contributed by atoms with van der Waals surface area (Å²) in [5.74, 6) is 5.91. The van der Waals surface area contributed by atoms with Gasteiger partial charge < -0.3 is 33.5 Å². The van der Waals surface area contributed by atoms with Crippen LogP contribution in [0.15, 0.2) is 29.4 Å². The van der Waals surface area contributed by atoms with Crippen LogP contribution in [0.4, 0.5) is 11.6 Å². The first-order valence-electron chi connectivity index (χ1n) is 17.1. The van der Waals surface area contributed by atoms with E-state index in [4.69, 9.17) is 23.7 Å². The largest absolute Gasteiger partial charge is 0.486 e. The third kappa shape index (κ3) is 9.36. The van der Waals surface area contributed by atoms with Crippen LogP contribution in [0, 0.1) is 21.3 Å². The predicted molar refractivity (Wildman–Crippen MR) is 194 cm³/mol. The number of halogens is 1. The van der Waals surface area contributed by atoms with Crippen molar-refractivity contribution in [3.8, 4) is 11.5 Å². The molecule has 5 atom stereocenters. The maximum absolute atomic E-state index is 12.2. The maximum Gasteiger partial charge on any atom is 0.306 e.